The molecule has 0 amide bonds. The number of aromatic nitrogens is 1. The second-order valence-electron chi connectivity index (χ2n) is 4.86. The van der Waals surface area contributed by atoms with Crippen LogP contribution in [0.25, 0.3) is 0 Å². The smallest absolute Gasteiger partial charge is 0.0898 e. The summed E-state index contributed by atoms with van der Waals surface area (Å²) in [7, 11) is 4.09. The molecule has 0 aliphatic rings. The Morgan fingerprint density at radius 2 is 2.11 bits per heavy atom. The predicted molar refractivity (Wildman–Crippen MR) is 82.9 cm³/mol. The van der Waals surface area contributed by atoms with Crippen LogP contribution in [0, 0.1) is 13.8 Å². The summed E-state index contributed by atoms with van der Waals surface area (Å²) >= 11 is 1.71. The minimum atomic E-state index is 0.856. The predicted octanol–water partition coefficient (Wildman–Crippen LogP) is 3.12. The first kappa shape index (κ1) is 14.0. The zero-order valence-electron chi connectivity index (χ0n) is 12.0. The Morgan fingerprint density at radius 1 is 1.32 bits per heavy atom. The average Bonchev–Trinajstić information content (AvgIpc) is 2.77. The third-order valence-electron chi connectivity index (χ3n) is 3.20. The molecule has 0 spiro atoms. The van der Waals surface area contributed by atoms with Gasteiger partial charge in [-0.3, -0.25) is 0 Å². The van der Waals surface area contributed by atoms with Crippen LogP contribution in [0.15, 0.2) is 23.6 Å². The Morgan fingerprint density at radius 3 is 2.68 bits per heavy atom. The van der Waals surface area contributed by atoms with E-state index in [9.17, 15) is 0 Å². The summed E-state index contributed by atoms with van der Waals surface area (Å²) in [4.78, 5) is 6.75. The highest BCUT2D eigenvalue weighted by Crippen LogP contribution is 2.20. The lowest BCUT2D eigenvalue weighted by Gasteiger charge is -2.19. The lowest BCUT2D eigenvalue weighted by Crippen LogP contribution is -2.17. The molecule has 4 heteroatoms. The highest BCUT2D eigenvalue weighted by Gasteiger charge is 2.06. The lowest BCUT2D eigenvalue weighted by atomic mass is 10.1. The first-order chi connectivity index (χ1) is 9.10. The van der Waals surface area contributed by atoms with Gasteiger partial charge in [0, 0.05) is 24.7 Å². The molecule has 0 aliphatic heterocycles. The topological polar surface area (TPSA) is 28.2 Å². The Balaban J connectivity index is 2.10. The normalized spacial score (nSPS) is 10.7. The van der Waals surface area contributed by atoms with Crippen molar-refractivity contribution in [2.45, 2.75) is 26.9 Å². The summed E-state index contributed by atoms with van der Waals surface area (Å²) in [6.07, 6.45) is 0. The Hall–Kier alpha value is -1.39. The summed E-state index contributed by atoms with van der Waals surface area (Å²) in [5.74, 6) is 0. The van der Waals surface area contributed by atoms with Crippen LogP contribution in [-0.4, -0.2) is 19.1 Å². The third kappa shape index (κ3) is 3.55. The van der Waals surface area contributed by atoms with Crippen LogP contribution in [0.1, 0.15) is 21.8 Å². The zero-order chi connectivity index (χ0) is 13.8. The van der Waals surface area contributed by atoms with E-state index in [4.69, 9.17) is 0 Å². The van der Waals surface area contributed by atoms with Gasteiger partial charge in [-0.1, -0.05) is 6.07 Å². The van der Waals surface area contributed by atoms with Crippen LogP contribution in [0.4, 0.5) is 5.69 Å². The van der Waals surface area contributed by atoms with Crippen molar-refractivity contribution in [3.8, 4) is 0 Å². The van der Waals surface area contributed by atoms with Crippen molar-refractivity contribution in [3.63, 3.8) is 0 Å². The number of anilines is 1. The molecule has 0 fully saturated rings. The Kier molecular flexibility index (Phi) is 4.56. The maximum atomic E-state index is 4.51. The molecule has 0 bridgehead atoms. The van der Waals surface area contributed by atoms with Gasteiger partial charge in [-0.15, -0.1) is 11.3 Å². The molecule has 2 rings (SSSR count). The van der Waals surface area contributed by atoms with E-state index in [-0.39, 0.29) is 0 Å². The number of hydrogen-bond donors (Lipinski definition) is 1. The van der Waals surface area contributed by atoms with Gasteiger partial charge in [-0.25, -0.2) is 4.98 Å². The van der Waals surface area contributed by atoms with Gasteiger partial charge >= 0.3 is 0 Å². The molecule has 1 aromatic carbocycles. The van der Waals surface area contributed by atoms with Crippen LogP contribution >= 0.6 is 11.3 Å². The molecule has 0 saturated heterocycles. The monoisotopic (exact) mass is 275 g/mol. The summed E-state index contributed by atoms with van der Waals surface area (Å²) in [5, 5.41) is 6.46. The highest BCUT2D eigenvalue weighted by atomic mass is 32.1. The number of hydrogen-bond acceptors (Lipinski definition) is 4. The van der Waals surface area contributed by atoms with Crippen molar-refractivity contribution in [2.75, 3.05) is 19.0 Å². The maximum absolute atomic E-state index is 4.51. The van der Waals surface area contributed by atoms with Crippen LogP contribution < -0.4 is 10.2 Å². The van der Waals surface area contributed by atoms with Gasteiger partial charge in [-0.05, 0) is 44.2 Å². The van der Waals surface area contributed by atoms with Gasteiger partial charge in [0.1, 0.15) is 0 Å². The van der Waals surface area contributed by atoms with Crippen LogP contribution in [0.5, 0.6) is 0 Å². The Labute approximate surface area is 119 Å². The Bertz CT molecular complexity index is 548. The number of aryl methyl sites for hydroxylation is 2. The fourth-order valence-electron chi connectivity index (χ4n) is 2.12. The molecule has 1 heterocycles. The molecule has 1 aromatic heterocycles. The summed E-state index contributed by atoms with van der Waals surface area (Å²) in [6, 6.07) is 6.62. The first-order valence-electron chi connectivity index (χ1n) is 6.46. The van der Waals surface area contributed by atoms with E-state index in [0.29, 0.717) is 0 Å². The number of benzene rings is 1. The van der Waals surface area contributed by atoms with E-state index in [1.807, 2.05) is 14.0 Å². The van der Waals surface area contributed by atoms with Crippen molar-refractivity contribution in [1.82, 2.24) is 10.3 Å². The van der Waals surface area contributed by atoms with Crippen LogP contribution in [0.2, 0.25) is 0 Å². The van der Waals surface area contributed by atoms with Crippen molar-refractivity contribution in [1.29, 1.82) is 0 Å². The van der Waals surface area contributed by atoms with Gasteiger partial charge in [0.15, 0.2) is 0 Å². The minimum Gasteiger partial charge on any atom is -0.369 e. The maximum Gasteiger partial charge on any atom is 0.0898 e. The molecule has 3 nitrogen and oxygen atoms in total. The van der Waals surface area contributed by atoms with E-state index in [1.165, 1.54) is 16.8 Å². The van der Waals surface area contributed by atoms with Crippen molar-refractivity contribution >= 4 is 17.0 Å². The quantitative estimate of drug-likeness (QED) is 0.909. The van der Waals surface area contributed by atoms with E-state index in [0.717, 1.165) is 23.8 Å². The van der Waals surface area contributed by atoms with Crippen molar-refractivity contribution < 1.29 is 0 Å². The largest absolute Gasteiger partial charge is 0.369 e. The molecule has 0 radical (unpaired) electrons. The first-order valence-corrected chi connectivity index (χ1v) is 7.34. The fraction of sp³-hybridized carbons (Fsp3) is 0.400. The summed E-state index contributed by atoms with van der Waals surface area (Å²) in [5.41, 5.74) is 5.06. The lowest BCUT2D eigenvalue weighted by molar-refractivity contribution is 0.810. The highest BCUT2D eigenvalue weighted by molar-refractivity contribution is 7.09. The number of thiazole rings is 1. The molecule has 19 heavy (non-hydrogen) atoms. The summed E-state index contributed by atoms with van der Waals surface area (Å²) < 4.78 is 0. The third-order valence-corrected chi connectivity index (χ3v) is 4.02. The van der Waals surface area contributed by atoms with Crippen molar-refractivity contribution in [2.24, 2.45) is 0 Å². The molecule has 102 valence electrons. The van der Waals surface area contributed by atoms with Crippen LogP contribution in [-0.2, 0) is 13.1 Å². The van der Waals surface area contributed by atoms with E-state index in [1.54, 1.807) is 11.3 Å². The fourth-order valence-corrected chi connectivity index (χ4v) is 2.73. The minimum absolute atomic E-state index is 0.856. The molecule has 1 N–H and O–H groups in total. The SMILES string of the molecule is CNCc1ccc(N(C)Cc2csc(C)n2)cc1C. The van der Waals surface area contributed by atoms with Crippen molar-refractivity contribution in [3.05, 3.63) is 45.4 Å². The van der Waals surface area contributed by atoms with Gasteiger partial charge in [0.25, 0.3) is 0 Å². The molecule has 0 atom stereocenters. The zero-order valence-corrected chi connectivity index (χ0v) is 12.8. The molecular weight excluding hydrogens is 254 g/mol. The van der Waals surface area contributed by atoms with E-state index >= 15 is 0 Å². The van der Waals surface area contributed by atoms with Gasteiger partial charge < -0.3 is 10.2 Å². The van der Waals surface area contributed by atoms with E-state index in [2.05, 4.69) is 52.8 Å². The molecule has 0 unspecified atom stereocenters. The summed E-state index contributed by atoms with van der Waals surface area (Å²) in [6.45, 7) is 5.98. The molecule has 0 saturated carbocycles. The van der Waals surface area contributed by atoms with E-state index < -0.39 is 0 Å². The van der Waals surface area contributed by atoms with Gasteiger partial charge in [0.05, 0.1) is 17.2 Å². The second kappa shape index (κ2) is 6.17. The molecular formula is C15H21N3S. The number of nitrogens with zero attached hydrogens (tertiary/aromatic N) is 2. The second-order valence-corrected chi connectivity index (χ2v) is 5.92. The molecule has 2 aromatic rings. The van der Waals surface area contributed by atoms with Gasteiger partial charge in [-0.2, -0.15) is 0 Å². The number of rotatable bonds is 5. The average molecular weight is 275 g/mol. The standard InChI is InChI=1S/C15H21N3S/c1-11-7-15(6-5-13(11)8-16-3)18(4)9-14-10-19-12(2)17-14/h5-7,10,16H,8-9H2,1-4H3. The van der Waals surface area contributed by atoms with Gasteiger partial charge in [0.2, 0.25) is 0 Å². The van der Waals surface area contributed by atoms with Crippen LogP contribution in [0.3, 0.4) is 0 Å². The molecule has 0 aliphatic carbocycles. The number of nitrogens with one attached hydrogen (secondary N) is 1.